The number of aryl methyl sites for hydroxylation is 3. The first-order valence-corrected chi connectivity index (χ1v) is 11.1. The van der Waals surface area contributed by atoms with Gasteiger partial charge in [-0.05, 0) is 93.9 Å². The number of nitrogens with one attached hydrogen (secondary N) is 1. The van der Waals surface area contributed by atoms with Crippen molar-refractivity contribution in [2.24, 2.45) is 0 Å². The molecule has 0 radical (unpaired) electrons. The minimum atomic E-state index is -0.268. The van der Waals surface area contributed by atoms with E-state index in [0.29, 0.717) is 13.0 Å². The van der Waals surface area contributed by atoms with Crippen molar-refractivity contribution in [2.75, 3.05) is 31.6 Å². The number of rotatable bonds is 10. The van der Waals surface area contributed by atoms with Crippen molar-refractivity contribution in [1.82, 2.24) is 15.1 Å². The van der Waals surface area contributed by atoms with E-state index in [2.05, 4.69) is 22.3 Å². The maximum absolute atomic E-state index is 13.1. The number of nitriles is 1. The first-order chi connectivity index (χ1) is 15.9. The van der Waals surface area contributed by atoms with Crippen LogP contribution in [-0.4, -0.2) is 47.7 Å². The van der Waals surface area contributed by atoms with Gasteiger partial charge in [-0.2, -0.15) is 10.4 Å². The molecule has 0 aliphatic carbocycles. The van der Waals surface area contributed by atoms with E-state index in [1.165, 1.54) is 12.1 Å². The molecule has 33 heavy (non-hydrogen) atoms. The number of anilines is 1. The maximum atomic E-state index is 13.1. The molecule has 1 amide bonds. The Morgan fingerprint density at radius 2 is 1.79 bits per heavy atom. The van der Waals surface area contributed by atoms with E-state index in [-0.39, 0.29) is 18.3 Å². The molecule has 0 spiro atoms. The predicted molar refractivity (Wildman–Crippen MR) is 128 cm³/mol. The van der Waals surface area contributed by atoms with Gasteiger partial charge in [-0.25, -0.2) is 4.39 Å². The van der Waals surface area contributed by atoms with E-state index in [9.17, 15) is 9.18 Å². The molecule has 2 aromatic carbocycles. The second kappa shape index (κ2) is 11.4. The highest BCUT2D eigenvalue weighted by molar-refractivity contribution is 5.95. The van der Waals surface area contributed by atoms with Crippen LogP contribution in [0.15, 0.2) is 48.5 Å². The Kier molecular flexibility index (Phi) is 8.34. The highest BCUT2D eigenvalue weighted by atomic mass is 19.1. The summed E-state index contributed by atoms with van der Waals surface area (Å²) in [7, 11) is 1.93. The van der Waals surface area contributed by atoms with E-state index in [1.54, 1.807) is 17.0 Å². The fourth-order valence-corrected chi connectivity index (χ4v) is 3.86. The summed E-state index contributed by atoms with van der Waals surface area (Å²) in [6.07, 6.45) is 1.94. The number of aromatic amines is 1. The quantitative estimate of drug-likeness (QED) is 0.491. The zero-order chi connectivity index (χ0) is 23.8. The lowest BCUT2D eigenvalue weighted by Crippen LogP contribution is -2.40. The summed E-state index contributed by atoms with van der Waals surface area (Å²) < 4.78 is 13.1. The third kappa shape index (κ3) is 6.99. The molecule has 0 saturated carbocycles. The number of aromatic nitrogens is 2. The highest BCUT2D eigenvalue weighted by Crippen LogP contribution is 2.20. The highest BCUT2D eigenvalue weighted by Gasteiger charge is 2.18. The topological polar surface area (TPSA) is 76.0 Å². The number of likely N-dealkylation sites (N-methyl/N-ethyl adjacent to an activating group) is 1. The van der Waals surface area contributed by atoms with Gasteiger partial charge in [0.2, 0.25) is 5.91 Å². The number of halogens is 1. The molecule has 0 unspecified atom stereocenters. The Morgan fingerprint density at radius 1 is 1.09 bits per heavy atom. The van der Waals surface area contributed by atoms with Crippen LogP contribution in [-0.2, 0) is 11.2 Å². The van der Waals surface area contributed by atoms with Crippen LogP contribution in [0.2, 0.25) is 0 Å². The van der Waals surface area contributed by atoms with Gasteiger partial charge in [-0.3, -0.25) is 14.8 Å². The third-order valence-corrected chi connectivity index (χ3v) is 5.43. The molecule has 3 rings (SSSR count). The van der Waals surface area contributed by atoms with Gasteiger partial charge < -0.3 is 4.90 Å². The molecule has 0 bridgehead atoms. The fourth-order valence-electron chi connectivity index (χ4n) is 3.86. The lowest BCUT2D eigenvalue weighted by molar-refractivity contribution is -0.119. The molecule has 1 aromatic heterocycles. The summed E-state index contributed by atoms with van der Waals surface area (Å²) in [4.78, 5) is 16.7. The van der Waals surface area contributed by atoms with E-state index >= 15 is 0 Å². The maximum Gasteiger partial charge on any atom is 0.241 e. The van der Waals surface area contributed by atoms with Crippen molar-refractivity contribution >= 4 is 11.6 Å². The van der Waals surface area contributed by atoms with Crippen molar-refractivity contribution in [2.45, 2.75) is 33.1 Å². The van der Waals surface area contributed by atoms with Gasteiger partial charge in [0, 0.05) is 23.5 Å². The molecule has 1 N–H and O–H groups in total. The summed E-state index contributed by atoms with van der Waals surface area (Å²) in [5, 5.41) is 16.4. The Bertz CT molecular complexity index is 1100. The molecule has 0 fully saturated rings. The molecule has 0 aliphatic rings. The van der Waals surface area contributed by atoms with Gasteiger partial charge in [0.05, 0.1) is 24.7 Å². The molecule has 6 nitrogen and oxygen atoms in total. The summed E-state index contributed by atoms with van der Waals surface area (Å²) in [6.45, 7) is 5.42. The van der Waals surface area contributed by atoms with Gasteiger partial charge >= 0.3 is 0 Å². The Morgan fingerprint density at radius 3 is 2.45 bits per heavy atom. The minimum Gasteiger partial charge on any atom is -0.310 e. The van der Waals surface area contributed by atoms with E-state index < -0.39 is 0 Å². The van der Waals surface area contributed by atoms with Gasteiger partial charge in [0.25, 0.3) is 0 Å². The molecule has 0 aliphatic heterocycles. The van der Waals surface area contributed by atoms with Crippen LogP contribution in [0, 0.1) is 31.0 Å². The van der Waals surface area contributed by atoms with E-state index in [4.69, 9.17) is 5.26 Å². The number of hydrogen-bond donors (Lipinski definition) is 1. The largest absolute Gasteiger partial charge is 0.310 e. The van der Waals surface area contributed by atoms with Crippen LogP contribution in [0.1, 0.15) is 29.7 Å². The summed E-state index contributed by atoms with van der Waals surface area (Å²) in [6, 6.07) is 16.4. The number of H-pyrrole nitrogens is 1. The predicted octanol–water partition coefficient (Wildman–Crippen LogP) is 4.64. The Labute approximate surface area is 194 Å². The fraction of sp³-hybridized carbons (Fsp3) is 0.346. The van der Waals surface area contributed by atoms with Crippen LogP contribution < -0.4 is 4.90 Å². The number of benzene rings is 2. The first-order valence-electron chi connectivity index (χ1n) is 11.1. The second-order valence-corrected chi connectivity index (χ2v) is 8.43. The van der Waals surface area contributed by atoms with Crippen LogP contribution in [0.4, 0.5) is 10.1 Å². The molecular weight excluding hydrogens is 417 g/mol. The summed E-state index contributed by atoms with van der Waals surface area (Å²) in [5.74, 6) is -0.284. The second-order valence-electron chi connectivity index (χ2n) is 8.43. The van der Waals surface area contributed by atoms with E-state index in [0.717, 1.165) is 53.2 Å². The molecule has 0 atom stereocenters. The van der Waals surface area contributed by atoms with Gasteiger partial charge in [-0.1, -0.05) is 6.07 Å². The van der Waals surface area contributed by atoms with Crippen molar-refractivity contribution in [3.8, 4) is 17.3 Å². The van der Waals surface area contributed by atoms with Crippen molar-refractivity contribution in [3.63, 3.8) is 0 Å². The molecule has 0 saturated heterocycles. The zero-order valence-electron chi connectivity index (χ0n) is 19.4. The molecular formula is C26H30FN5O. The number of carbonyl (C=O) groups excluding carboxylic acids is 1. The molecule has 7 heteroatoms. The van der Waals surface area contributed by atoms with Gasteiger partial charge in [-0.15, -0.1) is 0 Å². The number of nitrogens with zero attached hydrogens (tertiary/aromatic N) is 4. The standard InChI is InChI=1S/C26H30FN5O/c1-19-14-20(2)16-24(15-19)32(13-5-11-28)26(33)18-31(3)12-4-6-23-17-25(30-29-23)21-7-9-22(27)10-8-21/h7-10,14-17H,4-6,12-13,18H2,1-3H3,(H,29,30). The van der Waals surface area contributed by atoms with Crippen molar-refractivity contribution < 1.29 is 9.18 Å². The molecule has 3 aromatic rings. The van der Waals surface area contributed by atoms with Crippen molar-refractivity contribution in [3.05, 3.63) is 71.2 Å². The van der Waals surface area contributed by atoms with Crippen LogP contribution >= 0.6 is 0 Å². The number of hydrogen-bond acceptors (Lipinski definition) is 4. The average molecular weight is 448 g/mol. The lowest BCUT2D eigenvalue weighted by atomic mass is 10.1. The average Bonchev–Trinajstić information content (AvgIpc) is 3.22. The minimum absolute atomic E-state index is 0.0158. The molecule has 1 heterocycles. The SMILES string of the molecule is Cc1cc(C)cc(N(CCC#N)C(=O)CN(C)CCCc2cc(-c3ccc(F)cc3)n[nH]2)c1. The van der Waals surface area contributed by atoms with Gasteiger partial charge in [0.15, 0.2) is 0 Å². The number of amides is 1. The van der Waals surface area contributed by atoms with Crippen molar-refractivity contribution in [1.29, 1.82) is 5.26 Å². The lowest BCUT2D eigenvalue weighted by Gasteiger charge is -2.25. The monoisotopic (exact) mass is 447 g/mol. The van der Waals surface area contributed by atoms with Gasteiger partial charge in [0.1, 0.15) is 5.82 Å². The Balaban J connectivity index is 1.53. The molecule has 172 valence electrons. The van der Waals surface area contributed by atoms with Crippen LogP contribution in [0.3, 0.4) is 0 Å². The first kappa shape index (κ1) is 24.1. The smallest absolute Gasteiger partial charge is 0.241 e. The third-order valence-electron chi connectivity index (χ3n) is 5.43. The zero-order valence-corrected chi connectivity index (χ0v) is 19.4. The summed E-state index contributed by atoms with van der Waals surface area (Å²) >= 11 is 0. The summed E-state index contributed by atoms with van der Waals surface area (Å²) in [5.41, 5.74) is 5.67. The van der Waals surface area contributed by atoms with Crippen LogP contribution in [0.25, 0.3) is 11.3 Å². The van der Waals surface area contributed by atoms with E-state index in [1.807, 2.05) is 44.0 Å². The normalized spacial score (nSPS) is 10.9. The number of carbonyl (C=O) groups is 1. The Hall–Kier alpha value is -3.50. The van der Waals surface area contributed by atoms with Crippen LogP contribution in [0.5, 0.6) is 0 Å².